The Balaban J connectivity index is 1.49. The molecule has 4 nitrogen and oxygen atoms in total. The molecule has 0 spiro atoms. The Morgan fingerprint density at radius 1 is 1.07 bits per heavy atom. The second-order valence-corrected chi connectivity index (χ2v) is 8.88. The van der Waals surface area contributed by atoms with E-state index in [4.69, 9.17) is 0 Å². The number of carbonyl (C=O) groups excluding carboxylic acids is 1. The number of aliphatic hydroxyl groups is 1. The maximum absolute atomic E-state index is 12.2. The van der Waals surface area contributed by atoms with E-state index >= 15 is 0 Å². The molecular formula is C26H28N2O2. The number of amides is 1. The van der Waals surface area contributed by atoms with Gasteiger partial charge in [0.15, 0.2) is 0 Å². The first kappa shape index (κ1) is 19.4. The van der Waals surface area contributed by atoms with E-state index in [-0.39, 0.29) is 11.8 Å². The Morgan fingerprint density at radius 2 is 1.87 bits per heavy atom. The van der Waals surface area contributed by atoms with Crippen molar-refractivity contribution in [2.75, 3.05) is 31.1 Å². The summed E-state index contributed by atoms with van der Waals surface area (Å²) in [7, 11) is 0. The number of anilines is 1. The molecule has 2 bridgehead atoms. The minimum atomic E-state index is -0.913. The number of hydrogen-bond donors (Lipinski definition) is 1. The number of piperidine rings is 3. The molecule has 0 unspecified atom stereocenters. The van der Waals surface area contributed by atoms with Crippen LogP contribution in [-0.4, -0.2) is 47.7 Å². The van der Waals surface area contributed by atoms with Gasteiger partial charge in [-0.3, -0.25) is 9.69 Å². The van der Waals surface area contributed by atoms with Crippen molar-refractivity contribution in [3.05, 3.63) is 65.2 Å². The highest BCUT2D eigenvalue weighted by atomic mass is 16.3. The lowest BCUT2D eigenvalue weighted by molar-refractivity contribution is -0.117. The summed E-state index contributed by atoms with van der Waals surface area (Å²) in [5, 5.41) is 11.2. The predicted octanol–water partition coefficient (Wildman–Crippen LogP) is 3.21. The van der Waals surface area contributed by atoms with Crippen LogP contribution >= 0.6 is 0 Å². The van der Waals surface area contributed by atoms with Gasteiger partial charge in [0.2, 0.25) is 5.91 Å². The molecule has 4 aliphatic heterocycles. The second kappa shape index (κ2) is 7.91. The van der Waals surface area contributed by atoms with Crippen molar-refractivity contribution in [3.8, 4) is 11.8 Å². The summed E-state index contributed by atoms with van der Waals surface area (Å²) in [5.41, 5.74) is 3.31. The normalized spacial score (nSPS) is 27.8. The van der Waals surface area contributed by atoms with Gasteiger partial charge in [-0.1, -0.05) is 42.2 Å². The molecule has 4 aliphatic rings. The summed E-state index contributed by atoms with van der Waals surface area (Å²) in [6, 6.07) is 16.5. The lowest BCUT2D eigenvalue weighted by Gasteiger charge is -2.47. The van der Waals surface area contributed by atoms with Crippen LogP contribution in [-0.2, 0) is 11.2 Å². The van der Waals surface area contributed by atoms with Crippen LogP contribution in [0.2, 0.25) is 0 Å². The average Bonchev–Trinajstić information content (AvgIpc) is 3.20. The van der Waals surface area contributed by atoms with Crippen LogP contribution in [0.3, 0.4) is 0 Å². The fourth-order valence-corrected chi connectivity index (χ4v) is 5.11. The summed E-state index contributed by atoms with van der Waals surface area (Å²) in [4.78, 5) is 16.4. The molecule has 0 saturated carbocycles. The van der Waals surface area contributed by atoms with Gasteiger partial charge < -0.3 is 10.0 Å². The summed E-state index contributed by atoms with van der Waals surface area (Å²) < 4.78 is 0. The molecule has 4 heteroatoms. The summed E-state index contributed by atoms with van der Waals surface area (Å²) >= 11 is 0. The van der Waals surface area contributed by atoms with Gasteiger partial charge in [0, 0.05) is 36.7 Å². The Labute approximate surface area is 178 Å². The first-order chi connectivity index (χ1) is 14.6. The fraction of sp³-hybridized carbons (Fsp3) is 0.423. The number of hydrogen-bond acceptors (Lipinski definition) is 3. The minimum Gasteiger partial charge on any atom is -0.376 e. The van der Waals surface area contributed by atoms with Crippen molar-refractivity contribution >= 4 is 11.6 Å². The quantitative estimate of drug-likeness (QED) is 0.805. The lowest BCUT2D eigenvalue weighted by Crippen LogP contribution is -2.58. The first-order valence-electron chi connectivity index (χ1n) is 11.1. The van der Waals surface area contributed by atoms with E-state index in [2.05, 4.69) is 34.9 Å². The first-order valence-corrected chi connectivity index (χ1v) is 11.1. The smallest absolute Gasteiger partial charge is 0.227 e. The van der Waals surface area contributed by atoms with E-state index in [0.29, 0.717) is 13.0 Å². The van der Waals surface area contributed by atoms with Gasteiger partial charge in [0.05, 0.1) is 0 Å². The zero-order chi connectivity index (χ0) is 20.6. The Kier molecular flexibility index (Phi) is 5.10. The Morgan fingerprint density at radius 3 is 2.53 bits per heavy atom. The molecule has 6 rings (SSSR count). The molecule has 0 aromatic heterocycles. The molecule has 30 heavy (non-hydrogen) atoms. The monoisotopic (exact) mass is 400 g/mol. The third-order valence-electron chi connectivity index (χ3n) is 6.85. The molecular weight excluding hydrogens is 372 g/mol. The summed E-state index contributed by atoms with van der Waals surface area (Å²) in [6.45, 7) is 3.59. The molecule has 4 saturated heterocycles. The maximum Gasteiger partial charge on any atom is 0.227 e. The van der Waals surface area contributed by atoms with Crippen molar-refractivity contribution in [1.82, 2.24) is 4.90 Å². The van der Waals surface area contributed by atoms with Gasteiger partial charge in [-0.05, 0) is 68.1 Å². The maximum atomic E-state index is 12.2. The van der Waals surface area contributed by atoms with Crippen LogP contribution in [0.4, 0.5) is 5.69 Å². The van der Waals surface area contributed by atoms with E-state index in [1.54, 1.807) is 0 Å². The Bertz CT molecular complexity index is 999. The largest absolute Gasteiger partial charge is 0.376 e. The summed E-state index contributed by atoms with van der Waals surface area (Å²) in [6.07, 6.45) is 4.35. The van der Waals surface area contributed by atoms with Crippen molar-refractivity contribution in [1.29, 1.82) is 0 Å². The number of benzene rings is 2. The summed E-state index contributed by atoms with van der Waals surface area (Å²) in [5.74, 6) is 7.05. The van der Waals surface area contributed by atoms with Crippen LogP contribution in [0.25, 0.3) is 0 Å². The van der Waals surface area contributed by atoms with Gasteiger partial charge in [0.1, 0.15) is 5.60 Å². The molecule has 1 N–H and O–H groups in total. The molecule has 1 atom stereocenters. The van der Waals surface area contributed by atoms with E-state index in [1.807, 2.05) is 35.2 Å². The SMILES string of the molecule is O=C1CCCN1c1ccc(C#C[C@@]2(O)CN3CCC2CC3)c(Cc2ccccc2)c1. The fourth-order valence-electron chi connectivity index (χ4n) is 5.11. The highest BCUT2D eigenvalue weighted by Gasteiger charge is 2.44. The Hall–Kier alpha value is -2.61. The van der Waals surface area contributed by atoms with Crippen LogP contribution < -0.4 is 4.90 Å². The molecule has 0 radical (unpaired) electrons. The van der Waals surface area contributed by atoms with Crippen LogP contribution in [0.15, 0.2) is 48.5 Å². The van der Waals surface area contributed by atoms with Gasteiger partial charge in [-0.2, -0.15) is 0 Å². The second-order valence-electron chi connectivity index (χ2n) is 8.88. The van der Waals surface area contributed by atoms with Crippen LogP contribution in [0, 0.1) is 17.8 Å². The number of carbonyl (C=O) groups is 1. The standard InChI is InChI=1S/C26H28N2O2/c29-25-7-4-14-28(25)24-9-8-21(22(18-24)17-20-5-2-1-3-6-20)10-13-26(30)19-27-15-11-23(26)12-16-27/h1-3,5-6,8-9,18,23,30H,4,7,11-12,14-17,19H2/t26-/m1/s1. The highest BCUT2D eigenvalue weighted by molar-refractivity contribution is 5.95. The van der Waals surface area contributed by atoms with Crippen molar-refractivity contribution in [3.63, 3.8) is 0 Å². The van der Waals surface area contributed by atoms with E-state index in [0.717, 1.165) is 62.1 Å². The molecule has 4 heterocycles. The van der Waals surface area contributed by atoms with Crippen LogP contribution in [0.5, 0.6) is 0 Å². The molecule has 1 amide bonds. The highest BCUT2D eigenvalue weighted by Crippen LogP contribution is 2.35. The van der Waals surface area contributed by atoms with Crippen LogP contribution in [0.1, 0.15) is 42.4 Å². The van der Waals surface area contributed by atoms with E-state index in [9.17, 15) is 9.90 Å². The zero-order valence-electron chi connectivity index (χ0n) is 17.3. The van der Waals surface area contributed by atoms with Crippen molar-refractivity contribution < 1.29 is 9.90 Å². The number of nitrogens with zero attached hydrogens (tertiary/aromatic N) is 2. The number of fused-ring (bicyclic) bond motifs is 3. The zero-order valence-corrected chi connectivity index (χ0v) is 17.3. The topological polar surface area (TPSA) is 43.8 Å². The lowest BCUT2D eigenvalue weighted by atomic mass is 9.75. The van der Waals surface area contributed by atoms with E-state index in [1.165, 1.54) is 5.56 Å². The molecule has 2 aromatic carbocycles. The van der Waals surface area contributed by atoms with Gasteiger partial charge in [-0.25, -0.2) is 0 Å². The molecule has 4 fully saturated rings. The minimum absolute atomic E-state index is 0.195. The van der Waals surface area contributed by atoms with E-state index < -0.39 is 5.60 Å². The van der Waals surface area contributed by atoms with Crippen molar-refractivity contribution in [2.24, 2.45) is 5.92 Å². The predicted molar refractivity (Wildman–Crippen MR) is 118 cm³/mol. The molecule has 154 valence electrons. The molecule has 2 aromatic rings. The number of rotatable bonds is 3. The van der Waals surface area contributed by atoms with Gasteiger partial charge in [-0.15, -0.1) is 0 Å². The van der Waals surface area contributed by atoms with Crippen molar-refractivity contribution in [2.45, 2.75) is 37.7 Å². The van der Waals surface area contributed by atoms with Gasteiger partial charge in [0.25, 0.3) is 0 Å². The third-order valence-corrected chi connectivity index (χ3v) is 6.85. The average molecular weight is 401 g/mol. The van der Waals surface area contributed by atoms with Gasteiger partial charge >= 0.3 is 0 Å². The third kappa shape index (κ3) is 3.76. The molecule has 0 aliphatic carbocycles.